The molecule has 1 amide bonds. The molecule has 0 aromatic carbocycles. The number of piperazine rings is 1. The Hall–Kier alpha value is -1.66. The first-order valence-electron chi connectivity index (χ1n) is 8.18. The van der Waals surface area contributed by atoms with Crippen LogP contribution < -0.4 is 10.2 Å². The second kappa shape index (κ2) is 6.84. The van der Waals surface area contributed by atoms with E-state index < -0.39 is 0 Å². The largest absolute Gasteiger partial charge is 0.354 e. The van der Waals surface area contributed by atoms with Crippen LogP contribution in [0.25, 0.3) is 10.1 Å². The van der Waals surface area contributed by atoms with Gasteiger partial charge in [0.1, 0.15) is 5.82 Å². The van der Waals surface area contributed by atoms with Crippen LogP contribution in [0.15, 0.2) is 23.7 Å². The first-order chi connectivity index (χ1) is 11.1. The molecule has 1 fully saturated rings. The fraction of sp³-hybridized carbons (Fsp3) is 0.529. The average molecular weight is 332 g/mol. The Bertz CT molecular complexity index is 676. The smallest absolute Gasteiger partial charge is 0.237 e. The molecule has 1 atom stereocenters. The van der Waals surface area contributed by atoms with E-state index in [1.165, 1.54) is 10.1 Å². The van der Waals surface area contributed by atoms with Gasteiger partial charge in [-0.05, 0) is 38.3 Å². The number of pyridine rings is 1. The minimum absolute atomic E-state index is 0.0792. The molecule has 124 valence electrons. The molecular weight excluding hydrogens is 308 g/mol. The molecule has 23 heavy (non-hydrogen) atoms. The number of nitrogens with zero attached hydrogens (tertiary/aromatic N) is 3. The fourth-order valence-corrected chi connectivity index (χ4v) is 3.80. The maximum atomic E-state index is 12.2. The summed E-state index contributed by atoms with van der Waals surface area (Å²) in [7, 11) is 0. The molecule has 3 rings (SSSR count). The molecule has 1 saturated heterocycles. The molecule has 2 aromatic heterocycles. The lowest BCUT2D eigenvalue weighted by Gasteiger charge is -2.38. The molecule has 0 saturated carbocycles. The summed E-state index contributed by atoms with van der Waals surface area (Å²) in [5, 5.41) is 6.35. The molecule has 1 aliphatic rings. The monoisotopic (exact) mass is 332 g/mol. The van der Waals surface area contributed by atoms with E-state index in [1.54, 1.807) is 11.3 Å². The Kier molecular flexibility index (Phi) is 4.82. The van der Waals surface area contributed by atoms with Gasteiger partial charge in [-0.2, -0.15) is 0 Å². The Balaban J connectivity index is 1.64. The van der Waals surface area contributed by atoms with Crippen molar-refractivity contribution in [1.82, 2.24) is 15.2 Å². The SMILES string of the molecule is CC(C)NC(=O)C(C)N1CCN(c2nccc3sccc23)CC1. The molecule has 0 aliphatic carbocycles. The summed E-state index contributed by atoms with van der Waals surface area (Å²) in [4.78, 5) is 21.3. The number of nitrogens with one attached hydrogen (secondary N) is 1. The number of anilines is 1. The first-order valence-corrected chi connectivity index (χ1v) is 9.06. The van der Waals surface area contributed by atoms with Crippen molar-refractivity contribution in [1.29, 1.82) is 0 Å². The number of fused-ring (bicyclic) bond motifs is 1. The third-order valence-corrected chi connectivity index (χ3v) is 5.21. The zero-order valence-corrected chi connectivity index (χ0v) is 14.8. The van der Waals surface area contributed by atoms with Gasteiger partial charge in [-0.3, -0.25) is 9.69 Å². The second-order valence-corrected chi connectivity index (χ2v) is 7.28. The number of aromatic nitrogens is 1. The van der Waals surface area contributed by atoms with Crippen molar-refractivity contribution in [2.24, 2.45) is 0 Å². The van der Waals surface area contributed by atoms with Crippen LogP contribution in [-0.4, -0.2) is 54.1 Å². The molecule has 1 N–H and O–H groups in total. The van der Waals surface area contributed by atoms with Crippen molar-refractivity contribution >= 4 is 33.1 Å². The lowest BCUT2D eigenvalue weighted by atomic mass is 10.2. The summed E-state index contributed by atoms with van der Waals surface area (Å²) in [5.74, 6) is 1.19. The third kappa shape index (κ3) is 3.48. The predicted octanol–water partition coefficient (Wildman–Crippen LogP) is 2.33. The van der Waals surface area contributed by atoms with Crippen molar-refractivity contribution in [3.63, 3.8) is 0 Å². The van der Waals surface area contributed by atoms with Gasteiger partial charge in [0.15, 0.2) is 0 Å². The summed E-state index contributed by atoms with van der Waals surface area (Å²) in [6, 6.07) is 4.32. The zero-order valence-electron chi connectivity index (χ0n) is 14.0. The summed E-state index contributed by atoms with van der Waals surface area (Å²) in [6.45, 7) is 9.56. The first kappa shape index (κ1) is 16.2. The second-order valence-electron chi connectivity index (χ2n) is 6.33. The van der Waals surface area contributed by atoms with Crippen molar-refractivity contribution in [3.05, 3.63) is 23.7 Å². The van der Waals surface area contributed by atoms with E-state index in [9.17, 15) is 4.79 Å². The molecule has 6 heteroatoms. The van der Waals surface area contributed by atoms with Gasteiger partial charge in [0, 0.05) is 48.5 Å². The third-order valence-electron chi connectivity index (χ3n) is 4.33. The number of carbonyl (C=O) groups is 1. The van der Waals surface area contributed by atoms with Crippen LogP contribution in [0.2, 0.25) is 0 Å². The minimum atomic E-state index is -0.0792. The van der Waals surface area contributed by atoms with E-state index in [2.05, 4.69) is 37.6 Å². The van der Waals surface area contributed by atoms with Gasteiger partial charge in [-0.1, -0.05) is 0 Å². The van der Waals surface area contributed by atoms with Gasteiger partial charge in [-0.25, -0.2) is 4.98 Å². The quantitative estimate of drug-likeness (QED) is 0.933. The van der Waals surface area contributed by atoms with E-state index in [0.29, 0.717) is 0 Å². The van der Waals surface area contributed by atoms with E-state index in [-0.39, 0.29) is 18.0 Å². The van der Waals surface area contributed by atoms with Crippen LogP contribution >= 0.6 is 11.3 Å². The summed E-state index contributed by atoms with van der Waals surface area (Å²) in [5.41, 5.74) is 0. The van der Waals surface area contributed by atoms with Crippen molar-refractivity contribution in [2.45, 2.75) is 32.9 Å². The molecule has 0 bridgehead atoms. The van der Waals surface area contributed by atoms with Crippen molar-refractivity contribution in [3.8, 4) is 0 Å². The van der Waals surface area contributed by atoms with Crippen LogP contribution in [0.1, 0.15) is 20.8 Å². The standard InChI is InChI=1S/C17H24N4OS/c1-12(2)19-17(22)13(3)20-7-9-21(10-8-20)16-14-5-11-23-15(14)4-6-18-16/h4-6,11-13H,7-10H2,1-3H3,(H,19,22). The van der Waals surface area contributed by atoms with Gasteiger partial charge < -0.3 is 10.2 Å². The summed E-state index contributed by atoms with van der Waals surface area (Å²) < 4.78 is 1.28. The van der Waals surface area contributed by atoms with Gasteiger partial charge in [-0.15, -0.1) is 11.3 Å². The number of hydrogen-bond acceptors (Lipinski definition) is 5. The lowest BCUT2D eigenvalue weighted by Crippen LogP contribution is -2.54. The van der Waals surface area contributed by atoms with Crippen LogP contribution in [0.5, 0.6) is 0 Å². The Morgan fingerprint density at radius 3 is 2.65 bits per heavy atom. The van der Waals surface area contributed by atoms with E-state index in [4.69, 9.17) is 0 Å². The molecule has 2 aromatic rings. The molecule has 0 spiro atoms. The highest BCUT2D eigenvalue weighted by atomic mass is 32.1. The van der Waals surface area contributed by atoms with E-state index >= 15 is 0 Å². The molecule has 3 heterocycles. The lowest BCUT2D eigenvalue weighted by molar-refractivity contribution is -0.126. The molecule has 0 radical (unpaired) electrons. The highest BCUT2D eigenvalue weighted by Gasteiger charge is 2.26. The number of carbonyl (C=O) groups excluding carboxylic acids is 1. The molecule has 1 aliphatic heterocycles. The summed E-state index contributed by atoms with van der Waals surface area (Å²) in [6.07, 6.45) is 1.89. The van der Waals surface area contributed by atoms with Crippen molar-refractivity contribution in [2.75, 3.05) is 31.1 Å². The molecular formula is C17H24N4OS. The summed E-state index contributed by atoms with van der Waals surface area (Å²) >= 11 is 1.75. The van der Waals surface area contributed by atoms with E-state index in [1.807, 2.05) is 27.0 Å². The highest BCUT2D eigenvalue weighted by molar-refractivity contribution is 7.17. The number of thiophene rings is 1. The Morgan fingerprint density at radius 1 is 1.22 bits per heavy atom. The number of rotatable bonds is 4. The van der Waals surface area contributed by atoms with Crippen LogP contribution in [0, 0.1) is 0 Å². The predicted molar refractivity (Wildman–Crippen MR) is 96.1 cm³/mol. The Labute approximate surface area is 141 Å². The minimum Gasteiger partial charge on any atom is -0.354 e. The Morgan fingerprint density at radius 2 is 1.96 bits per heavy atom. The molecule has 5 nitrogen and oxygen atoms in total. The van der Waals surface area contributed by atoms with Gasteiger partial charge >= 0.3 is 0 Å². The topological polar surface area (TPSA) is 48.5 Å². The van der Waals surface area contributed by atoms with E-state index in [0.717, 1.165) is 32.0 Å². The zero-order chi connectivity index (χ0) is 16.4. The fourth-order valence-electron chi connectivity index (χ4n) is 3.02. The van der Waals surface area contributed by atoms with Gasteiger partial charge in [0.05, 0.1) is 6.04 Å². The van der Waals surface area contributed by atoms with Crippen LogP contribution in [0.3, 0.4) is 0 Å². The maximum Gasteiger partial charge on any atom is 0.237 e. The number of amides is 1. The van der Waals surface area contributed by atoms with Crippen LogP contribution in [0.4, 0.5) is 5.82 Å². The average Bonchev–Trinajstić information content (AvgIpc) is 3.02. The van der Waals surface area contributed by atoms with Crippen LogP contribution in [-0.2, 0) is 4.79 Å². The van der Waals surface area contributed by atoms with Gasteiger partial charge in [0.2, 0.25) is 5.91 Å². The normalized spacial score (nSPS) is 17.7. The maximum absolute atomic E-state index is 12.2. The molecule has 1 unspecified atom stereocenters. The van der Waals surface area contributed by atoms with Crippen molar-refractivity contribution < 1.29 is 4.79 Å². The number of hydrogen-bond donors (Lipinski definition) is 1. The highest BCUT2D eigenvalue weighted by Crippen LogP contribution is 2.29. The van der Waals surface area contributed by atoms with Gasteiger partial charge in [0.25, 0.3) is 0 Å².